The normalized spacial score (nSPS) is 11.1. The molecule has 0 atom stereocenters. The second-order valence-electron chi connectivity index (χ2n) is 6.05. The highest BCUT2D eigenvalue weighted by molar-refractivity contribution is 6.00. The number of carbonyl (C=O) groups is 1. The van der Waals surface area contributed by atoms with Crippen LogP contribution in [0.2, 0.25) is 0 Å². The van der Waals surface area contributed by atoms with Gasteiger partial charge in [0.05, 0.1) is 11.3 Å². The predicted octanol–water partition coefficient (Wildman–Crippen LogP) is 5.98. The maximum atomic E-state index is 13.9. The third-order valence-corrected chi connectivity index (χ3v) is 3.77. The number of carbonyl (C=O) groups excluding carboxylic acids is 1. The Balaban J connectivity index is 1.76. The van der Waals surface area contributed by atoms with Crippen LogP contribution in [0.4, 0.5) is 33.7 Å². The molecular formula is C20H15F4N3O2. The fraction of sp³-hybridized carbons (Fsp3) is 0.100. The minimum atomic E-state index is -4.53. The summed E-state index contributed by atoms with van der Waals surface area (Å²) in [5.74, 6) is -0.829. The van der Waals surface area contributed by atoms with E-state index in [0.717, 1.165) is 12.1 Å². The van der Waals surface area contributed by atoms with E-state index >= 15 is 0 Å². The molecule has 0 aliphatic carbocycles. The van der Waals surface area contributed by atoms with Crippen LogP contribution in [-0.2, 0) is 6.18 Å². The molecule has 0 saturated carbocycles. The number of urea groups is 1. The van der Waals surface area contributed by atoms with E-state index in [0.29, 0.717) is 5.56 Å². The molecule has 5 nitrogen and oxygen atoms in total. The van der Waals surface area contributed by atoms with E-state index in [1.165, 1.54) is 42.6 Å². The second kappa shape index (κ2) is 8.17. The Kier molecular flexibility index (Phi) is 5.67. The van der Waals surface area contributed by atoms with Crippen LogP contribution < -0.4 is 15.4 Å². The molecular weight excluding hydrogens is 390 g/mol. The minimum absolute atomic E-state index is 0.0302. The van der Waals surface area contributed by atoms with E-state index in [2.05, 4.69) is 15.6 Å². The zero-order chi connectivity index (χ0) is 21.0. The molecule has 0 aliphatic heterocycles. The molecule has 29 heavy (non-hydrogen) atoms. The third kappa shape index (κ3) is 5.22. The Morgan fingerprint density at radius 3 is 2.48 bits per heavy atom. The molecule has 0 aliphatic rings. The summed E-state index contributed by atoms with van der Waals surface area (Å²) in [6, 6.07) is 10.7. The van der Waals surface area contributed by atoms with Gasteiger partial charge in [-0.3, -0.25) is 0 Å². The highest BCUT2D eigenvalue weighted by Gasteiger charge is 2.30. The first-order chi connectivity index (χ1) is 13.7. The molecule has 9 heteroatoms. The number of aromatic nitrogens is 1. The lowest BCUT2D eigenvalue weighted by molar-refractivity contribution is -0.137. The summed E-state index contributed by atoms with van der Waals surface area (Å²) < 4.78 is 57.9. The van der Waals surface area contributed by atoms with Crippen LogP contribution in [0.15, 0.2) is 60.8 Å². The van der Waals surface area contributed by atoms with Gasteiger partial charge in [0.15, 0.2) is 0 Å². The molecule has 2 amide bonds. The quantitative estimate of drug-likeness (QED) is 0.525. The first kappa shape index (κ1) is 20.1. The van der Waals surface area contributed by atoms with Crippen LogP contribution in [0, 0.1) is 12.7 Å². The van der Waals surface area contributed by atoms with Gasteiger partial charge < -0.3 is 15.4 Å². The maximum Gasteiger partial charge on any atom is 0.416 e. The van der Waals surface area contributed by atoms with Gasteiger partial charge in [-0.2, -0.15) is 13.2 Å². The highest BCUT2D eigenvalue weighted by Crippen LogP contribution is 2.33. The van der Waals surface area contributed by atoms with Gasteiger partial charge in [-0.25, -0.2) is 14.2 Å². The molecule has 0 saturated heterocycles. The average molecular weight is 405 g/mol. The Morgan fingerprint density at radius 2 is 1.76 bits per heavy atom. The van der Waals surface area contributed by atoms with Crippen molar-refractivity contribution in [3.05, 3.63) is 77.7 Å². The van der Waals surface area contributed by atoms with Gasteiger partial charge in [-0.05, 0) is 55.0 Å². The molecule has 1 aromatic heterocycles. The van der Waals surface area contributed by atoms with E-state index < -0.39 is 23.6 Å². The number of aryl methyl sites for hydroxylation is 1. The molecule has 2 N–H and O–H groups in total. The zero-order valence-corrected chi connectivity index (χ0v) is 15.0. The van der Waals surface area contributed by atoms with Gasteiger partial charge in [0.2, 0.25) is 5.88 Å². The van der Waals surface area contributed by atoms with Crippen molar-refractivity contribution in [2.24, 2.45) is 0 Å². The predicted molar refractivity (Wildman–Crippen MR) is 99.5 cm³/mol. The average Bonchev–Trinajstić information content (AvgIpc) is 2.65. The number of alkyl halides is 3. The van der Waals surface area contributed by atoms with Crippen molar-refractivity contribution >= 4 is 17.4 Å². The third-order valence-electron chi connectivity index (χ3n) is 3.77. The lowest BCUT2D eigenvalue weighted by Crippen LogP contribution is -2.20. The summed E-state index contributed by atoms with van der Waals surface area (Å²) in [6.45, 7) is 1.71. The molecule has 3 aromatic rings. The van der Waals surface area contributed by atoms with Gasteiger partial charge in [0, 0.05) is 6.20 Å². The standard InChI is InChI=1S/C20H15F4N3O2/c1-12-7-8-16(15(21)10-12)26-19(28)27-17-6-3-9-25-18(17)29-14-5-2-4-13(11-14)20(22,23)24/h2-11H,1H3,(H2,26,27,28). The lowest BCUT2D eigenvalue weighted by Gasteiger charge is -2.13. The number of rotatable bonds is 4. The molecule has 3 rings (SSSR count). The molecule has 2 aromatic carbocycles. The first-order valence-electron chi connectivity index (χ1n) is 8.36. The Morgan fingerprint density at radius 1 is 1.00 bits per heavy atom. The smallest absolute Gasteiger partial charge is 0.416 e. The number of nitrogens with one attached hydrogen (secondary N) is 2. The van der Waals surface area contributed by atoms with Crippen molar-refractivity contribution in [3.63, 3.8) is 0 Å². The lowest BCUT2D eigenvalue weighted by atomic mass is 10.2. The van der Waals surface area contributed by atoms with Crippen molar-refractivity contribution < 1.29 is 27.1 Å². The number of halogens is 4. The first-order valence-corrected chi connectivity index (χ1v) is 8.36. The monoisotopic (exact) mass is 405 g/mol. The van der Waals surface area contributed by atoms with E-state index in [1.807, 2.05) is 0 Å². The molecule has 0 fully saturated rings. The number of hydrogen-bond acceptors (Lipinski definition) is 3. The fourth-order valence-electron chi connectivity index (χ4n) is 2.41. The van der Waals surface area contributed by atoms with Gasteiger partial charge in [0.25, 0.3) is 0 Å². The van der Waals surface area contributed by atoms with Crippen LogP contribution in [-0.4, -0.2) is 11.0 Å². The summed E-state index contributed by atoms with van der Waals surface area (Å²) in [6.07, 6.45) is -3.17. The number of nitrogens with zero attached hydrogens (tertiary/aromatic N) is 1. The van der Waals surface area contributed by atoms with Crippen molar-refractivity contribution in [1.82, 2.24) is 4.98 Å². The molecule has 0 bridgehead atoms. The molecule has 0 radical (unpaired) electrons. The largest absolute Gasteiger partial charge is 0.437 e. The van der Waals surface area contributed by atoms with E-state index in [-0.39, 0.29) is 23.0 Å². The SMILES string of the molecule is Cc1ccc(NC(=O)Nc2cccnc2Oc2cccc(C(F)(F)F)c2)c(F)c1. The van der Waals surface area contributed by atoms with Crippen molar-refractivity contribution in [2.75, 3.05) is 10.6 Å². The summed E-state index contributed by atoms with van der Waals surface area (Å²) in [4.78, 5) is 16.1. The highest BCUT2D eigenvalue weighted by atomic mass is 19.4. The van der Waals surface area contributed by atoms with Gasteiger partial charge in [-0.1, -0.05) is 12.1 Å². The van der Waals surface area contributed by atoms with Crippen molar-refractivity contribution in [3.8, 4) is 11.6 Å². The molecule has 150 valence electrons. The number of ether oxygens (including phenoxy) is 1. The van der Waals surface area contributed by atoms with Gasteiger partial charge >= 0.3 is 12.2 Å². The summed E-state index contributed by atoms with van der Waals surface area (Å²) in [5.41, 5.74) is -0.127. The topological polar surface area (TPSA) is 63.2 Å². The van der Waals surface area contributed by atoms with Crippen molar-refractivity contribution in [2.45, 2.75) is 13.1 Å². The molecule has 0 unspecified atom stereocenters. The number of hydrogen-bond donors (Lipinski definition) is 2. The Bertz CT molecular complexity index is 1040. The maximum absolute atomic E-state index is 13.9. The van der Waals surface area contributed by atoms with E-state index in [4.69, 9.17) is 4.74 Å². The van der Waals surface area contributed by atoms with Crippen LogP contribution in [0.5, 0.6) is 11.6 Å². The van der Waals surface area contributed by atoms with Crippen LogP contribution in [0.1, 0.15) is 11.1 Å². The summed E-state index contributed by atoms with van der Waals surface area (Å²) >= 11 is 0. The number of pyridine rings is 1. The van der Waals surface area contributed by atoms with E-state index in [9.17, 15) is 22.4 Å². The van der Waals surface area contributed by atoms with Gasteiger partial charge in [0.1, 0.15) is 17.3 Å². The zero-order valence-electron chi connectivity index (χ0n) is 15.0. The van der Waals surface area contributed by atoms with Gasteiger partial charge in [-0.15, -0.1) is 0 Å². The molecule has 1 heterocycles. The number of benzene rings is 2. The summed E-state index contributed by atoms with van der Waals surface area (Å²) in [7, 11) is 0. The number of anilines is 2. The minimum Gasteiger partial charge on any atom is -0.437 e. The van der Waals surface area contributed by atoms with Crippen LogP contribution >= 0.6 is 0 Å². The van der Waals surface area contributed by atoms with Crippen molar-refractivity contribution in [1.29, 1.82) is 0 Å². The second-order valence-corrected chi connectivity index (χ2v) is 6.05. The van der Waals surface area contributed by atoms with Crippen LogP contribution in [0.25, 0.3) is 0 Å². The Hall–Kier alpha value is -3.62. The Labute approximate surface area is 163 Å². The molecule has 0 spiro atoms. The van der Waals surface area contributed by atoms with Crippen LogP contribution in [0.3, 0.4) is 0 Å². The van der Waals surface area contributed by atoms with E-state index in [1.54, 1.807) is 13.0 Å². The summed E-state index contributed by atoms with van der Waals surface area (Å²) in [5, 5.41) is 4.79. The fourth-order valence-corrected chi connectivity index (χ4v) is 2.41. The number of amides is 2.